The Kier molecular flexibility index (Phi) is 9.78. The fourth-order valence-corrected chi connectivity index (χ4v) is 3.46. The summed E-state index contributed by atoms with van der Waals surface area (Å²) >= 11 is 0. The van der Waals surface area contributed by atoms with Gasteiger partial charge in [-0.05, 0) is 60.4 Å². The quantitative estimate of drug-likeness (QED) is 0.355. The Hall–Kier alpha value is -2.80. The molecule has 0 bridgehead atoms. The molecule has 0 aliphatic heterocycles. The normalized spacial score (nSPS) is 12.2. The Morgan fingerprint density at radius 3 is 1.93 bits per heavy atom. The summed E-state index contributed by atoms with van der Waals surface area (Å²) < 4.78 is 5.91. The molecule has 0 amide bonds. The van der Waals surface area contributed by atoms with Crippen LogP contribution in [0.5, 0.6) is 5.75 Å². The van der Waals surface area contributed by atoms with E-state index in [0.717, 1.165) is 12.2 Å². The highest BCUT2D eigenvalue weighted by atomic mass is 16.5. The van der Waals surface area contributed by atoms with Crippen molar-refractivity contribution in [2.75, 3.05) is 0 Å². The van der Waals surface area contributed by atoms with E-state index in [9.17, 15) is 0 Å². The second kappa shape index (κ2) is 12.6. The first-order chi connectivity index (χ1) is 14.2. The predicted molar refractivity (Wildman–Crippen MR) is 126 cm³/mol. The molecular formula is C28H34O. The van der Waals surface area contributed by atoms with Gasteiger partial charge in [0.2, 0.25) is 0 Å². The molecular weight excluding hydrogens is 352 g/mol. The van der Waals surface area contributed by atoms with Crippen LogP contribution in [0.15, 0.2) is 97.6 Å². The third kappa shape index (κ3) is 7.62. The standard InChI is InChI=1S/C25H28O.C3H6/c1-3-22(18-20(2)23-12-8-5-9-13-23)24-14-16-25(17-15-24)26-19-21-10-6-4-7-11-21;1-3-2/h4-17,20,22H,3,18-19H2,1-2H3;3H,1H2,2H3. The lowest BCUT2D eigenvalue weighted by Crippen LogP contribution is -2.04. The summed E-state index contributed by atoms with van der Waals surface area (Å²) in [5.74, 6) is 2.08. The van der Waals surface area contributed by atoms with Crippen LogP contribution in [0.1, 0.15) is 62.1 Å². The first kappa shape index (κ1) is 22.5. The lowest BCUT2D eigenvalue weighted by molar-refractivity contribution is 0.306. The van der Waals surface area contributed by atoms with Crippen molar-refractivity contribution in [2.24, 2.45) is 0 Å². The van der Waals surface area contributed by atoms with E-state index in [1.54, 1.807) is 6.08 Å². The molecule has 29 heavy (non-hydrogen) atoms. The largest absolute Gasteiger partial charge is 0.489 e. The average Bonchev–Trinajstić information content (AvgIpc) is 2.78. The summed E-state index contributed by atoms with van der Waals surface area (Å²) in [7, 11) is 0. The summed E-state index contributed by atoms with van der Waals surface area (Å²) in [6.07, 6.45) is 4.08. The molecule has 0 fully saturated rings. The van der Waals surface area contributed by atoms with Crippen molar-refractivity contribution in [3.05, 3.63) is 114 Å². The van der Waals surface area contributed by atoms with Crippen molar-refractivity contribution >= 4 is 0 Å². The molecule has 3 aromatic rings. The van der Waals surface area contributed by atoms with Gasteiger partial charge in [-0.1, -0.05) is 92.7 Å². The minimum Gasteiger partial charge on any atom is -0.489 e. The second-order valence-corrected chi connectivity index (χ2v) is 7.40. The van der Waals surface area contributed by atoms with Gasteiger partial charge < -0.3 is 4.74 Å². The summed E-state index contributed by atoms with van der Waals surface area (Å²) in [6, 6.07) is 29.8. The number of benzene rings is 3. The molecule has 0 aliphatic rings. The second-order valence-electron chi connectivity index (χ2n) is 7.40. The molecule has 2 atom stereocenters. The maximum absolute atomic E-state index is 5.91. The van der Waals surface area contributed by atoms with Gasteiger partial charge in [0.1, 0.15) is 12.4 Å². The van der Waals surface area contributed by atoms with Crippen molar-refractivity contribution in [3.63, 3.8) is 0 Å². The fraction of sp³-hybridized carbons (Fsp3) is 0.286. The van der Waals surface area contributed by atoms with Gasteiger partial charge in [-0.15, -0.1) is 6.58 Å². The Bertz CT molecular complexity index is 806. The highest BCUT2D eigenvalue weighted by Gasteiger charge is 2.15. The molecule has 2 unspecified atom stereocenters. The van der Waals surface area contributed by atoms with E-state index >= 15 is 0 Å². The minimum absolute atomic E-state index is 0.565. The lowest BCUT2D eigenvalue weighted by Gasteiger charge is -2.21. The third-order valence-electron chi connectivity index (χ3n) is 5.10. The fourth-order valence-electron chi connectivity index (χ4n) is 3.46. The van der Waals surface area contributed by atoms with Crippen LogP contribution in [0, 0.1) is 0 Å². The van der Waals surface area contributed by atoms with E-state index in [2.05, 4.69) is 87.2 Å². The maximum atomic E-state index is 5.91. The number of hydrogen-bond acceptors (Lipinski definition) is 1. The zero-order chi connectivity index (χ0) is 20.9. The Balaban J connectivity index is 0.000000941. The van der Waals surface area contributed by atoms with Crippen molar-refractivity contribution in [1.29, 1.82) is 0 Å². The molecule has 0 saturated carbocycles. The topological polar surface area (TPSA) is 9.23 Å². The van der Waals surface area contributed by atoms with Crippen LogP contribution in [0.2, 0.25) is 0 Å². The van der Waals surface area contributed by atoms with Crippen LogP contribution in [-0.2, 0) is 6.61 Å². The van der Waals surface area contributed by atoms with Gasteiger partial charge in [0, 0.05) is 0 Å². The van der Waals surface area contributed by atoms with Crippen molar-refractivity contribution in [1.82, 2.24) is 0 Å². The summed E-state index contributed by atoms with van der Waals surface area (Å²) in [5, 5.41) is 0. The van der Waals surface area contributed by atoms with Gasteiger partial charge in [0.25, 0.3) is 0 Å². The van der Waals surface area contributed by atoms with E-state index in [1.807, 2.05) is 25.1 Å². The zero-order valence-corrected chi connectivity index (χ0v) is 18.1. The van der Waals surface area contributed by atoms with E-state index in [4.69, 9.17) is 4.74 Å². The molecule has 0 spiro atoms. The molecule has 1 nitrogen and oxygen atoms in total. The zero-order valence-electron chi connectivity index (χ0n) is 18.1. The predicted octanol–water partition coefficient (Wildman–Crippen LogP) is 8.15. The van der Waals surface area contributed by atoms with Crippen LogP contribution in [0.25, 0.3) is 0 Å². The first-order valence-electron chi connectivity index (χ1n) is 10.6. The molecule has 0 saturated heterocycles. The molecule has 1 heteroatoms. The summed E-state index contributed by atoms with van der Waals surface area (Å²) in [4.78, 5) is 0. The van der Waals surface area contributed by atoms with Crippen LogP contribution >= 0.6 is 0 Å². The summed E-state index contributed by atoms with van der Waals surface area (Å²) in [5.41, 5.74) is 4.02. The molecule has 0 aromatic heterocycles. The van der Waals surface area contributed by atoms with Gasteiger partial charge in [-0.2, -0.15) is 0 Å². The molecule has 3 aromatic carbocycles. The highest BCUT2D eigenvalue weighted by molar-refractivity contribution is 5.30. The minimum atomic E-state index is 0.565. The van der Waals surface area contributed by atoms with Gasteiger partial charge in [-0.25, -0.2) is 0 Å². The molecule has 0 aliphatic carbocycles. The van der Waals surface area contributed by atoms with Gasteiger partial charge in [0.15, 0.2) is 0 Å². The van der Waals surface area contributed by atoms with E-state index in [0.29, 0.717) is 18.4 Å². The van der Waals surface area contributed by atoms with Gasteiger partial charge >= 0.3 is 0 Å². The Morgan fingerprint density at radius 2 is 1.38 bits per heavy atom. The van der Waals surface area contributed by atoms with Crippen LogP contribution in [-0.4, -0.2) is 0 Å². The monoisotopic (exact) mass is 386 g/mol. The highest BCUT2D eigenvalue weighted by Crippen LogP contribution is 2.32. The van der Waals surface area contributed by atoms with Crippen LogP contribution < -0.4 is 4.74 Å². The van der Waals surface area contributed by atoms with Crippen molar-refractivity contribution < 1.29 is 4.74 Å². The third-order valence-corrected chi connectivity index (χ3v) is 5.10. The van der Waals surface area contributed by atoms with E-state index < -0.39 is 0 Å². The van der Waals surface area contributed by atoms with Gasteiger partial charge in [0.05, 0.1) is 0 Å². The first-order valence-corrected chi connectivity index (χ1v) is 10.6. The van der Waals surface area contributed by atoms with Crippen LogP contribution in [0.4, 0.5) is 0 Å². The molecule has 0 N–H and O–H groups in total. The molecule has 0 radical (unpaired) electrons. The maximum Gasteiger partial charge on any atom is 0.119 e. The average molecular weight is 387 g/mol. The SMILES string of the molecule is C=CC.CCC(CC(C)c1ccccc1)c1ccc(OCc2ccccc2)cc1. The van der Waals surface area contributed by atoms with Crippen LogP contribution in [0.3, 0.4) is 0 Å². The van der Waals surface area contributed by atoms with E-state index in [1.165, 1.54) is 23.1 Å². The van der Waals surface area contributed by atoms with Crippen molar-refractivity contribution in [2.45, 2.75) is 52.1 Å². The molecule has 152 valence electrons. The molecule has 3 rings (SSSR count). The Morgan fingerprint density at radius 1 is 0.828 bits per heavy atom. The number of hydrogen-bond donors (Lipinski definition) is 0. The smallest absolute Gasteiger partial charge is 0.119 e. The summed E-state index contributed by atoms with van der Waals surface area (Å²) in [6.45, 7) is 10.5. The number of ether oxygens (including phenoxy) is 1. The van der Waals surface area contributed by atoms with E-state index in [-0.39, 0.29) is 0 Å². The Labute approximate surface area is 177 Å². The number of rotatable bonds is 8. The molecule has 0 heterocycles. The van der Waals surface area contributed by atoms with Gasteiger partial charge in [-0.3, -0.25) is 0 Å². The number of allylic oxidation sites excluding steroid dienone is 1. The van der Waals surface area contributed by atoms with Crippen molar-refractivity contribution in [3.8, 4) is 5.75 Å². The lowest BCUT2D eigenvalue weighted by atomic mass is 9.85.